The second-order valence-corrected chi connectivity index (χ2v) is 9.72. The van der Waals surface area contributed by atoms with Crippen LogP contribution in [0.2, 0.25) is 0 Å². The molecule has 0 aliphatic carbocycles. The number of ether oxygens (including phenoxy) is 1. The Kier molecular flexibility index (Phi) is 7.28. The van der Waals surface area contributed by atoms with Crippen LogP contribution in [-0.2, 0) is 18.0 Å². The summed E-state index contributed by atoms with van der Waals surface area (Å²) in [6.07, 6.45) is -3.07. The van der Waals surface area contributed by atoms with Gasteiger partial charge in [0, 0.05) is 63.7 Å². The third-order valence-electron chi connectivity index (χ3n) is 6.20. The van der Waals surface area contributed by atoms with Gasteiger partial charge in [0.25, 0.3) is 5.56 Å². The van der Waals surface area contributed by atoms with Gasteiger partial charge < -0.3 is 19.9 Å². The summed E-state index contributed by atoms with van der Waals surface area (Å²) in [6, 6.07) is 3.79. The lowest BCUT2D eigenvalue weighted by molar-refractivity contribution is -0.137. The van der Waals surface area contributed by atoms with Gasteiger partial charge in [-0.3, -0.25) is 9.36 Å². The van der Waals surface area contributed by atoms with E-state index in [1.54, 1.807) is 38.2 Å². The van der Waals surface area contributed by atoms with Gasteiger partial charge in [-0.2, -0.15) is 13.2 Å². The molecule has 0 saturated carbocycles. The molecule has 1 fully saturated rings. The first-order valence-corrected chi connectivity index (χ1v) is 12.4. The molecular formula is C24H29F3N6O2S. The number of benzene rings is 1. The molecule has 3 aromatic rings. The van der Waals surface area contributed by atoms with Crippen molar-refractivity contribution in [2.24, 2.45) is 7.05 Å². The predicted molar refractivity (Wildman–Crippen MR) is 136 cm³/mol. The summed E-state index contributed by atoms with van der Waals surface area (Å²) in [4.78, 5) is 25.9. The highest BCUT2D eigenvalue weighted by Gasteiger charge is 2.37. The van der Waals surface area contributed by atoms with E-state index in [0.717, 1.165) is 11.2 Å². The van der Waals surface area contributed by atoms with Crippen LogP contribution in [0.4, 0.5) is 29.7 Å². The van der Waals surface area contributed by atoms with Crippen LogP contribution in [0.1, 0.15) is 18.2 Å². The number of thiazole rings is 1. The third-order valence-corrected chi connectivity index (χ3v) is 7.04. The van der Waals surface area contributed by atoms with E-state index in [0.29, 0.717) is 31.1 Å². The molecule has 1 aromatic carbocycles. The Morgan fingerprint density at radius 2 is 2.03 bits per heavy atom. The zero-order chi connectivity index (χ0) is 26.2. The molecular weight excluding hydrogens is 493 g/mol. The van der Waals surface area contributed by atoms with Gasteiger partial charge in [-0.25, -0.2) is 9.97 Å². The van der Waals surface area contributed by atoms with Gasteiger partial charge in [-0.15, -0.1) is 11.3 Å². The van der Waals surface area contributed by atoms with Crippen molar-refractivity contribution in [2.45, 2.75) is 32.2 Å². The molecule has 12 heteroatoms. The monoisotopic (exact) mass is 522 g/mol. The fraction of sp³-hybridized carbons (Fsp3) is 0.458. The molecule has 36 heavy (non-hydrogen) atoms. The normalized spacial score (nSPS) is 18.1. The Morgan fingerprint density at radius 3 is 2.64 bits per heavy atom. The lowest BCUT2D eigenvalue weighted by atomic mass is 10.0. The molecule has 4 rings (SSSR count). The molecule has 3 heterocycles. The second kappa shape index (κ2) is 10.1. The molecule has 0 amide bonds. The van der Waals surface area contributed by atoms with Crippen LogP contribution in [-0.4, -0.2) is 60.5 Å². The number of hydrogen-bond acceptors (Lipinski definition) is 8. The van der Waals surface area contributed by atoms with Gasteiger partial charge in [0.2, 0.25) is 0 Å². The molecule has 0 radical (unpaired) electrons. The minimum Gasteiger partial charge on any atom is -0.378 e. The van der Waals surface area contributed by atoms with E-state index in [4.69, 9.17) is 4.74 Å². The van der Waals surface area contributed by atoms with E-state index in [1.807, 2.05) is 12.3 Å². The van der Waals surface area contributed by atoms with Gasteiger partial charge >= 0.3 is 6.18 Å². The Bertz CT molecular complexity index is 1280. The molecule has 1 aliphatic rings. The fourth-order valence-corrected chi connectivity index (χ4v) is 5.03. The van der Waals surface area contributed by atoms with Crippen molar-refractivity contribution >= 4 is 27.8 Å². The van der Waals surface area contributed by atoms with Crippen molar-refractivity contribution in [1.29, 1.82) is 0 Å². The molecule has 1 N–H and O–H groups in total. The summed E-state index contributed by atoms with van der Waals surface area (Å²) in [7, 11) is 4.77. The number of aryl methyl sites for hydroxylation is 1. The van der Waals surface area contributed by atoms with E-state index < -0.39 is 17.3 Å². The van der Waals surface area contributed by atoms with Crippen LogP contribution >= 0.6 is 11.3 Å². The van der Waals surface area contributed by atoms with E-state index in [-0.39, 0.29) is 29.2 Å². The van der Waals surface area contributed by atoms with E-state index in [1.165, 1.54) is 29.0 Å². The number of nitrogens with one attached hydrogen (secondary N) is 1. The molecule has 194 valence electrons. The minimum absolute atomic E-state index is 0.0436. The number of nitrogens with zero attached hydrogens (tertiary/aromatic N) is 5. The van der Waals surface area contributed by atoms with Crippen molar-refractivity contribution in [3.8, 4) is 11.4 Å². The van der Waals surface area contributed by atoms with Crippen LogP contribution in [0.5, 0.6) is 0 Å². The maximum atomic E-state index is 14.0. The van der Waals surface area contributed by atoms with Crippen molar-refractivity contribution in [3.05, 3.63) is 51.4 Å². The first-order chi connectivity index (χ1) is 17.0. The first-order valence-electron chi connectivity index (χ1n) is 11.5. The first kappa shape index (κ1) is 26.0. The van der Waals surface area contributed by atoms with Gasteiger partial charge in [-0.1, -0.05) is 0 Å². The Morgan fingerprint density at radius 1 is 1.28 bits per heavy atom. The average Bonchev–Trinajstić information content (AvgIpc) is 3.49. The molecule has 0 unspecified atom stereocenters. The van der Waals surface area contributed by atoms with Crippen LogP contribution < -0.4 is 20.7 Å². The Hall–Kier alpha value is -3.12. The number of anilines is 3. The van der Waals surface area contributed by atoms with Crippen molar-refractivity contribution in [3.63, 3.8) is 0 Å². The molecule has 8 nitrogen and oxygen atoms in total. The average molecular weight is 523 g/mol. The smallest absolute Gasteiger partial charge is 0.378 e. The molecule has 1 saturated heterocycles. The third kappa shape index (κ3) is 5.05. The molecule has 0 bridgehead atoms. The van der Waals surface area contributed by atoms with Crippen molar-refractivity contribution < 1.29 is 17.9 Å². The maximum absolute atomic E-state index is 14.0. The summed E-state index contributed by atoms with van der Waals surface area (Å²) < 4.78 is 49.0. The zero-order valence-corrected chi connectivity index (χ0v) is 21.6. The van der Waals surface area contributed by atoms with E-state index in [9.17, 15) is 18.0 Å². The number of alkyl halides is 3. The maximum Gasteiger partial charge on any atom is 0.417 e. The summed E-state index contributed by atoms with van der Waals surface area (Å²) in [5.41, 5.74) is -0.478. The highest BCUT2D eigenvalue weighted by molar-refractivity contribution is 7.13. The second-order valence-electron chi connectivity index (χ2n) is 8.85. The Balaban J connectivity index is 1.71. The number of hydrogen-bond donors (Lipinski definition) is 1. The lowest BCUT2D eigenvalue weighted by Gasteiger charge is -2.23. The molecule has 2 atom stereocenters. The van der Waals surface area contributed by atoms with Crippen molar-refractivity contribution in [2.75, 3.05) is 48.9 Å². The summed E-state index contributed by atoms with van der Waals surface area (Å²) in [5.74, 6) is -0.0436. The highest BCUT2D eigenvalue weighted by atomic mass is 32.1. The Labute approximate surface area is 211 Å². The minimum atomic E-state index is -4.61. The molecule has 2 aromatic heterocycles. The quantitative estimate of drug-likeness (QED) is 0.503. The predicted octanol–water partition coefficient (Wildman–Crippen LogP) is 4.00. The molecule has 0 spiro atoms. The zero-order valence-electron chi connectivity index (χ0n) is 20.8. The summed E-state index contributed by atoms with van der Waals surface area (Å²) in [6.45, 7) is 5.21. The highest BCUT2D eigenvalue weighted by Crippen LogP contribution is 2.38. The summed E-state index contributed by atoms with van der Waals surface area (Å²) >= 11 is 1.52. The van der Waals surface area contributed by atoms with Gasteiger partial charge in [0.05, 0.1) is 23.4 Å². The SMILES string of the molecule is CCO[C@H]1CN(c2nccs2)C[C@H]1Nc1c(C)nc(-c2ccc(N(C)C)cc2C(F)(F)F)n(C)c1=O. The number of rotatable bonds is 7. The van der Waals surface area contributed by atoms with Crippen LogP contribution in [0, 0.1) is 6.92 Å². The van der Waals surface area contributed by atoms with Crippen LogP contribution in [0.25, 0.3) is 11.4 Å². The van der Waals surface area contributed by atoms with Crippen LogP contribution in [0.15, 0.2) is 34.6 Å². The fourth-order valence-electron chi connectivity index (χ4n) is 4.36. The summed E-state index contributed by atoms with van der Waals surface area (Å²) in [5, 5.41) is 6.04. The lowest BCUT2D eigenvalue weighted by Crippen LogP contribution is -2.38. The van der Waals surface area contributed by atoms with E-state index in [2.05, 4.69) is 20.2 Å². The molecule has 1 aliphatic heterocycles. The van der Waals surface area contributed by atoms with Gasteiger partial charge in [0.15, 0.2) is 5.13 Å². The van der Waals surface area contributed by atoms with Gasteiger partial charge in [0.1, 0.15) is 11.5 Å². The topological polar surface area (TPSA) is 75.5 Å². The number of aromatic nitrogens is 3. The van der Waals surface area contributed by atoms with Gasteiger partial charge in [-0.05, 0) is 32.0 Å². The van der Waals surface area contributed by atoms with Crippen molar-refractivity contribution in [1.82, 2.24) is 14.5 Å². The largest absolute Gasteiger partial charge is 0.417 e. The standard InChI is InChI=1S/C24H29F3N6O2S/c1-6-35-19-13-33(23-28-9-10-36-23)12-18(19)30-20-14(2)29-21(32(5)22(20)34)16-8-7-15(31(3)4)11-17(16)24(25,26)27/h7-11,18-19,30H,6,12-13H2,1-5H3/t18-,19+/m1/s1. The van der Waals surface area contributed by atoms with Crippen LogP contribution in [0.3, 0.4) is 0 Å². The van der Waals surface area contributed by atoms with E-state index >= 15 is 0 Å². The number of halogens is 3.